The van der Waals surface area contributed by atoms with Gasteiger partial charge in [-0.3, -0.25) is 4.79 Å². The number of aryl methyl sites for hydroxylation is 3. The number of imidazole rings is 1. The predicted octanol–water partition coefficient (Wildman–Crippen LogP) is 3.47. The molecular weight excluding hydrogens is 383 g/mol. The van der Waals surface area contributed by atoms with Crippen LogP contribution < -0.4 is 10.2 Å². The number of halogens is 1. The Hall–Kier alpha value is -3.03. The van der Waals surface area contributed by atoms with Gasteiger partial charge >= 0.3 is 0 Å². The highest BCUT2D eigenvalue weighted by Crippen LogP contribution is 2.30. The van der Waals surface area contributed by atoms with Crippen molar-refractivity contribution in [3.05, 3.63) is 41.7 Å². The fourth-order valence-corrected chi connectivity index (χ4v) is 4.48. The zero-order valence-corrected chi connectivity index (χ0v) is 17.1. The van der Waals surface area contributed by atoms with Crippen molar-refractivity contribution < 1.29 is 9.18 Å². The van der Waals surface area contributed by atoms with Crippen LogP contribution >= 0.6 is 0 Å². The molecule has 8 heteroatoms. The summed E-state index contributed by atoms with van der Waals surface area (Å²) in [7, 11) is 0. The number of piperidine rings is 1. The van der Waals surface area contributed by atoms with E-state index in [1.54, 1.807) is 25.4 Å². The Morgan fingerprint density at radius 2 is 2.10 bits per heavy atom. The molecular formula is C22H25FN6O. The van der Waals surface area contributed by atoms with Gasteiger partial charge in [0.25, 0.3) is 0 Å². The van der Waals surface area contributed by atoms with Crippen molar-refractivity contribution >= 4 is 28.6 Å². The van der Waals surface area contributed by atoms with Gasteiger partial charge in [-0.1, -0.05) is 6.07 Å². The second kappa shape index (κ2) is 7.66. The zero-order chi connectivity index (χ0) is 20.7. The molecule has 5 rings (SSSR count). The Kier molecular flexibility index (Phi) is 4.84. The maximum Gasteiger partial charge on any atom is 0.229 e. The molecule has 156 valence electrons. The minimum Gasteiger partial charge on any atom is -0.354 e. The number of aromatic nitrogens is 4. The molecule has 0 saturated carbocycles. The quantitative estimate of drug-likeness (QED) is 0.718. The van der Waals surface area contributed by atoms with Crippen molar-refractivity contribution in [2.24, 2.45) is 5.92 Å². The van der Waals surface area contributed by atoms with Crippen molar-refractivity contribution in [1.82, 2.24) is 19.5 Å². The molecule has 2 aromatic heterocycles. The first-order valence-corrected chi connectivity index (χ1v) is 10.6. The molecule has 2 aliphatic rings. The molecule has 1 amide bonds. The van der Waals surface area contributed by atoms with Crippen LogP contribution in [0.4, 0.5) is 15.9 Å². The third kappa shape index (κ3) is 3.40. The summed E-state index contributed by atoms with van der Waals surface area (Å²) in [5.41, 5.74) is 2.77. The van der Waals surface area contributed by atoms with Gasteiger partial charge in [0.15, 0.2) is 17.0 Å². The lowest BCUT2D eigenvalue weighted by atomic mass is 9.97. The number of carbonyl (C=O) groups is 1. The number of anilines is 2. The van der Waals surface area contributed by atoms with Gasteiger partial charge in [-0.25, -0.2) is 19.3 Å². The molecule has 2 aliphatic heterocycles. The van der Waals surface area contributed by atoms with E-state index in [9.17, 15) is 9.18 Å². The van der Waals surface area contributed by atoms with Crippen molar-refractivity contribution in [1.29, 1.82) is 0 Å². The van der Waals surface area contributed by atoms with Crippen LogP contribution in [0.5, 0.6) is 0 Å². The third-order valence-electron chi connectivity index (χ3n) is 6.15. The minimum atomic E-state index is -0.315. The smallest absolute Gasteiger partial charge is 0.229 e. The lowest BCUT2D eigenvalue weighted by Gasteiger charge is -2.32. The normalized spacial score (nSPS) is 19.0. The van der Waals surface area contributed by atoms with E-state index in [0.717, 1.165) is 68.0 Å². The number of rotatable bonds is 3. The molecule has 7 nitrogen and oxygen atoms in total. The largest absolute Gasteiger partial charge is 0.354 e. The summed E-state index contributed by atoms with van der Waals surface area (Å²) in [4.78, 5) is 28.8. The van der Waals surface area contributed by atoms with Crippen LogP contribution in [-0.4, -0.2) is 38.5 Å². The zero-order valence-electron chi connectivity index (χ0n) is 17.1. The average molecular weight is 408 g/mol. The van der Waals surface area contributed by atoms with E-state index in [0.29, 0.717) is 17.8 Å². The van der Waals surface area contributed by atoms with Gasteiger partial charge in [-0.05, 0) is 50.3 Å². The molecule has 30 heavy (non-hydrogen) atoms. The van der Waals surface area contributed by atoms with E-state index in [2.05, 4.69) is 24.8 Å². The van der Waals surface area contributed by atoms with Crippen molar-refractivity contribution in [2.75, 3.05) is 23.3 Å². The van der Waals surface area contributed by atoms with Crippen LogP contribution in [0.15, 0.2) is 24.5 Å². The second-order valence-corrected chi connectivity index (χ2v) is 8.24. The maximum atomic E-state index is 13.8. The number of carbonyl (C=O) groups excluding carboxylic acids is 1. The van der Waals surface area contributed by atoms with Crippen molar-refractivity contribution in [3.8, 4) is 0 Å². The molecule has 0 spiro atoms. The number of nitrogens with one attached hydrogen (secondary N) is 1. The fraction of sp³-hybridized carbons (Fsp3) is 0.455. The summed E-state index contributed by atoms with van der Waals surface area (Å²) in [6.07, 6.45) is 6.54. The molecule has 0 radical (unpaired) electrons. The summed E-state index contributed by atoms with van der Waals surface area (Å²) >= 11 is 0. The highest BCUT2D eigenvalue weighted by atomic mass is 19.1. The summed E-state index contributed by atoms with van der Waals surface area (Å²) in [6, 6.07) is 4.79. The van der Waals surface area contributed by atoms with Gasteiger partial charge in [0, 0.05) is 31.7 Å². The van der Waals surface area contributed by atoms with Crippen LogP contribution in [0, 0.1) is 18.7 Å². The van der Waals surface area contributed by atoms with Gasteiger partial charge in [-0.15, -0.1) is 0 Å². The van der Waals surface area contributed by atoms with Crippen molar-refractivity contribution in [3.63, 3.8) is 0 Å². The standard InChI is InChI=1S/C22H25FN6O/c1-14-7-8-16(11-17(14)23)26-22(30)15-5-4-9-28(12-15)20-19-21(25-13-24-20)29-10-3-2-6-18(29)27-19/h7-8,11,13,15H,2-6,9-10,12H2,1H3,(H,26,30). The molecule has 1 fully saturated rings. The van der Waals surface area contributed by atoms with Gasteiger partial charge in [0.2, 0.25) is 5.91 Å². The fourth-order valence-electron chi connectivity index (χ4n) is 4.48. The van der Waals surface area contributed by atoms with Crippen molar-refractivity contribution in [2.45, 2.75) is 45.6 Å². The van der Waals surface area contributed by atoms with Crippen LogP contribution in [-0.2, 0) is 17.8 Å². The summed E-state index contributed by atoms with van der Waals surface area (Å²) in [5, 5.41) is 2.87. The number of hydrogen-bond donors (Lipinski definition) is 1. The molecule has 4 heterocycles. The molecule has 1 unspecified atom stereocenters. The highest BCUT2D eigenvalue weighted by Gasteiger charge is 2.29. The van der Waals surface area contributed by atoms with E-state index < -0.39 is 0 Å². The van der Waals surface area contributed by atoms with Gasteiger partial charge in [0.05, 0.1) is 5.92 Å². The lowest BCUT2D eigenvalue weighted by molar-refractivity contribution is -0.120. The maximum absolute atomic E-state index is 13.8. The van der Waals surface area contributed by atoms with Crippen LogP contribution in [0.25, 0.3) is 11.2 Å². The third-order valence-corrected chi connectivity index (χ3v) is 6.15. The molecule has 0 aliphatic carbocycles. The predicted molar refractivity (Wildman–Crippen MR) is 113 cm³/mol. The SMILES string of the molecule is Cc1ccc(NC(=O)C2CCCN(c3ncnc4c3nc3n4CCCC3)C2)cc1F. The van der Waals surface area contributed by atoms with E-state index >= 15 is 0 Å². The Morgan fingerprint density at radius 1 is 1.20 bits per heavy atom. The Labute approximate surface area is 174 Å². The topological polar surface area (TPSA) is 75.9 Å². The summed E-state index contributed by atoms with van der Waals surface area (Å²) in [6.45, 7) is 4.04. The molecule has 3 aromatic rings. The van der Waals surface area contributed by atoms with Gasteiger partial charge in [0.1, 0.15) is 18.0 Å². The molecule has 1 atom stereocenters. The number of nitrogens with zero attached hydrogens (tertiary/aromatic N) is 5. The highest BCUT2D eigenvalue weighted by molar-refractivity contribution is 5.93. The Balaban J connectivity index is 1.37. The minimum absolute atomic E-state index is 0.0858. The van der Waals surface area contributed by atoms with E-state index in [1.807, 2.05) is 0 Å². The first-order valence-electron chi connectivity index (χ1n) is 10.6. The van der Waals surface area contributed by atoms with Gasteiger partial charge < -0.3 is 14.8 Å². The summed E-state index contributed by atoms with van der Waals surface area (Å²) in [5.74, 6) is 1.29. The Morgan fingerprint density at radius 3 is 2.97 bits per heavy atom. The van der Waals surface area contributed by atoms with E-state index in [-0.39, 0.29) is 17.6 Å². The average Bonchev–Trinajstić information content (AvgIpc) is 3.15. The van der Waals surface area contributed by atoms with Gasteiger partial charge in [-0.2, -0.15) is 0 Å². The number of benzene rings is 1. The monoisotopic (exact) mass is 408 g/mol. The van der Waals surface area contributed by atoms with E-state index in [1.165, 1.54) is 6.07 Å². The van der Waals surface area contributed by atoms with Crippen LogP contribution in [0.1, 0.15) is 37.1 Å². The first-order chi connectivity index (χ1) is 14.6. The molecule has 1 N–H and O–H groups in total. The van der Waals surface area contributed by atoms with Crippen LogP contribution in [0.3, 0.4) is 0 Å². The van der Waals surface area contributed by atoms with E-state index in [4.69, 9.17) is 4.98 Å². The first kappa shape index (κ1) is 19.0. The Bertz CT molecular complexity index is 1110. The second-order valence-electron chi connectivity index (χ2n) is 8.24. The molecule has 1 aromatic carbocycles. The lowest BCUT2D eigenvalue weighted by Crippen LogP contribution is -2.41. The summed E-state index contributed by atoms with van der Waals surface area (Å²) < 4.78 is 16.0. The number of hydrogen-bond acceptors (Lipinski definition) is 5. The number of fused-ring (bicyclic) bond motifs is 3. The van der Waals surface area contributed by atoms with Crippen LogP contribution in [0.2, 0.25) is 0 Å². The molecule has 0 bridgehead atoms. The molecule has 1 saturated heterocycles. The number of amides is 1.